The molecule has 2 aromatic carbocycles. The van der Waals surface area contributed by atoms with Crippen molar-refractivity contribution < 1.29 is 4.79 Å². The fraction of sp³-hybridized carbons (Fsp3) is 0.462. The zero-order chi connectivity index (χ0) is 22.3. The summed E-state index contributed by atoms with van der Waals surface area (Å²) in [6, 6.07) is 22.6. The molecule has 2 bridgehead atoms. The van der Waals surface area contributed by atoms with E-state index in [-0.39, 0.29) is 12.5 Å². The Hall–Kier alpha value is -2.86. The Morgan fingerprint density at radius 2 is 1.56 bits per heavy atom. The molecule has 0 spiro atoms. The number of fused-ring (bicyclic) bond motifs is 2. The highest BCUT2D eigenvalue weighted by molar-refractivity contribution is 5.86. The highest BCUT2D eigenvalue weighted by Gasteiger charge is 2.40. The van der Waals surface area contributed by atoms with Crippen LogP contribution < -0.4 is 10.6 Å². The van der Waals surface area contributed by atoms with Gasteiger partial charge >= 0.3 is 0 Å². The van der Waals surface area contributed by atoms with Crippen LogP contribution in [0.5, 0.6) is 0 Å². The number of hydrogen-bond donors (Lipinski definition) is 2. The Kier molecular flexibility index (Phi) is 7.43. The van der Waals surface area contributed by atoms with Gasteiger partial charge in [-0.15, -0.1) is 0 Å². The van der Waals surface area contributed by atoms with E-state index in [1.54, 1.807) is 19.0 Å². The van der Waals surface area contributed by atoms with Crippen LogP contribution in [0.15, 0.2) is 65.7 Å². The van der Waals surface area contributed by atoms with Crippen molar-refractivity contribution in [1.82, 2.24) is 20.4 Å². The summed E-state index contributed by atoms with van der Waals surface area (Å²) in [6.07, 6.45) is 4.74. The lowest BCUT2D eigenvalue weighted by Crippen LogP contribution is -2.53. The highest BCUT2D eigenvalue weighted by atomic mass is 16.2. The number of carbonyl (C=O) groups is 1. The molecule has 6 nitrogen and oxygen atoms in total. The number of amides is 1. The van der Waals surface area contributed by atoms with E-state index in [4.69, 9.17) is 4.99 Å². The molecule has 4 rings (SSSR count). The van der Waals surface area contributed by atoms with Gasteiger partial charge in [0.25, 0.3) is 0 Å². The van der Waals surface area contributed by atoms with Crippen LogP contribution in [0.1, 0.15) is 36.8 Å². The molecule has 2 aromatic rings. The molecule has 0 aromatic heterocycles. The van der Waals surface area contributed by atoms with Crippen LogP contribution in [0.2, 0.25) is 0 Å². The lowest BCUT2D eigenvalue weighted by atomic mass is 9.96. The summed E-state index contributed by atoms with van der Waals surface area (Å²) in [4.78, 5) is 21.2. The molecule has 0 saturated carbocycles. The molecule has 170 valence electrons. The zero-order valence-corrected chi connectivity index (χ0v) is 19.2. The van der Waals surface area contributed by atoms with Crippen molar-refractivity contribution in [3.05, 3.63) is 71.8 Å². The molecule has 2 aliphatic heterocycles. The van der Waals surface area contributed by atoms with Crippen LogP contribution in [0.25, 0.3) is 0 Å². The number of piperidine rings is 1. The summed E-state index contributed by atoms with van der Waals surface area (Å²) in [7, 11) is 3.55. The fourth-order valence-electron chi connectivity index (χ4n) is 4.86. The van der Waals surface area contributed by atoms with Crippen LogP contribution in [0, 0.1) is 0 Å². The van der Waals surface area contributed by atoms with Gasteiger partial charge in [0.1, 0.15) is 0 Å². The third kappa shape index (κ3) is 5.88. The maximum absolute atomic E-state index is 12.1. The largest absolute Gasteiger partial charge is 0.354 e. The number of guanidine groups is 1. The van der Waals surface area contributed by atoms with Crippen molar-refractivity contribution in [3.63, 3.8) is 0 Å². The monoisotopic (exact) mass is 433 g/mol. The Balaban J connectivity index is 1.39. The van der Waals surface area contributed by atoms with E-state index in [1.165, 1.54) is 18.4 Å². The number of hydrogen-bond acceptors (Lipinski definition) is 3. The van der Waals surface area contributed by atoms with E-state index in [9.17, 15) is 4.79 Å². The maximum Gasteiger partial charge on any atom is 0.241 e. The van der Waals surface area contributed by atoms with Crippen LogP contribution in [-0.2, 0) is 17.9 Å². The van der Waals surface area contributed by atoms with Gasteiger partial charge in [-0.3, -0.25) is 9.69 Å². The fourth-order valence-corrected chi connectivity index (χ4v) is 4.86. The van der Waals surface area contributed by atoms with Gasteiger partial charge in [-0.25, -0.2) is 4.99 Å². The Bertz CT molecular complexity index is 885. The molecular formula is C26H35N5O. The molecule has 1 amide bonds. The molecule has 2 aliphatic rings. The molecule has 0 aliphatic carbocycles. The van der Waals surface area contributed by atoms with Gasteiger partial charge in [0.05, 0.1) is 13.1 Å². The first-order chi connectivity index (χ1) is 15.6. The lowest BCUT2D eigenvalue weighted by molar-refractivity contribution is -0.127. The Morgan fingerprint density at radius 1 is 0.969 bits per heavy atom. The Morgan fingerprint density at radius 3 is 2.16 bits per heavy atom. The number of aliphatic imine (C=N–C) groups is 1. The molecule has 0 radical (unpaired) electrons. The van der Waals surface area contributed by atoms with Crippen LogP contribution in [0.4, 0.5) is 0 Å². The number of nitrogens with one attached hydrogen (secondary N) is 2. The van der Waals surface area contributed by atoms with E-state index >= 15 is 0 Å². The van der Waals surface area contributed by atoms with Crippen LogP contribution >= 0.6 is 0 Å². The topological polar surface area (TPSA) is 60.0 Å². The second-order valence-corrected chi connectivity index (χ2v) is 9.15. The summed E-state index contributed by atoms with van der Waals surface area (Å²) < 4.78 is 0. The van der Waals surface area contributed by atoms with Gasteiger partial charge in [0.15, 0.2) is 5.96 Å². The second kappa shape index (κ2) is 10.6. The summed E-state index contributed by atoms with van der Waals surface area (Å²) in [5.74, 6) is 0.766. The third-order valence-corrected chi connectivity index (χ3v) is 6.60. The lowest BCUT2D eigenvalue weighted by Gasteiger charge is -2.39. The number of carbonyl (C=O) groups excluding carboxylic acids is 1. The van der Waals surface area contributed by atoms with Gasteiger partial charge in [-0.05, 0) is 36.8 Å². The minimum absolute atomic E-state index is 0.0389. The van der Waals surface area contributed by atoms with Crippen molar-refractivity contribution in [2.24, 2.45) is 4.99 Å². The number of likely N-dealkylation sites (N-methyl/N-ethyl adjacent to an activating group) is 1. The maximum atomic E-state index is 12.1. The summed E-state index contributed by atoms with van der Waals surface area (Å²) in [5.41, 5.74) is 2.55. The SMILES string of the molecule is CN(C)C(=O)CNC(=NCc1ccccc1)NC1CC2CCC(C1)N2Cc1ccccc1. The van der Waals surface area contributed by atoms with Crippen molar-refractivity contribution in [3.8, 4) is 0 Å². The molecule has 2 atom stereocenters. The predicted octanol–water partition coefficient (Wildman–Crippen LogP) is 3.01. The molecule has 2 N–H and O–H groups in total. The molecule has 32 heavy (non-hydrogen) atoms. The first kappa shape index (κ1) is 22.3. The van der Waals surface area contributed by atoms with E-state index in [0.29, 0.717) is 24.7 Å². The van der Waals surface area contributed by atoms with Gasteiger partial charge in [0.2, 0.25) is 5.91 Å². The van der Waals surface area contributed by atoms with Crippen molar-refractivity contribution in [1.29, 1.82) is 0 Å². The summed E-state index contributed by atoms with van der Waals surface area (Å²) in [5, 5.41) is 6.90. The molecule has 2 heterocycles. The molecule has 2 unspecified atom stereocenters. The van der Waals surface area contributed by atoms with Gasteiger partial charge < -0.3 is 15.5 Å². The average molecular weight is 434 g/mol. The van der Waals surface area contributed by atoms with E-state index < -0.39 is 0 Å². The smallest absolute Gasteiger partial charge is 0.241 e. The van der Waals surface area contributed by atoms with E-state index in [0.717, 1.165) is 30.9 Å². The van der Waals surface area contributed by atoms with Gasteiger partial charge in [-0.2, -0.15) is 0 Å². The number of rotatable bonds is 7. The highest BCUT2D eigenvalue weighted by Crippen LogP contribution is 2.36. The second-order valence-electron chi connectivity index (χ2n) is 9.15. The predicted molar refractivity (Wildman–Crippen MR) is 129 cm³/mol. The number of nitrogens with zero attached hydrogens (tertiary/aromatic N) is 3. The molecule has 6 heteroatoms. The van der Waals surface area contributed by atoms with E-state index in [2.05, 4.69) is 58.0 Å². The van der Waals surface area contributed by atoms with Gasteiger partial charge in [0, 0.05) is 38.8 Å². The Labute approximate surface area is 191 Å². The summed E-state index contributed by atoms with van der Waals surface area (Å²) >= 11 is 0. The van der Waals surface area contributed by atoms with Crippen LogP contribution in [-0.4, -0.2) is 60.4 Å². The first-order valence-electron chi connectivity index (χ1n) is 11.7. The minimum atomic E-state index is 0.0389. The van der Waals surface area contributed by atoms with Crippen LogP contribution in [0.3, 0.4) is 0 Å². The third-order valence-electron chi connectivity index (χ3n) is 6.60. The quantitative estimate of drug-likeness (QED) is 0.521. The normalized spacial score (nSPS) is 23.1. The minimum Gasteiger partial charge on any atom is -0.354 e. The molecular weight excluding hydrogens is 398 g/mol. The molecule has 2 fully saturated rings. The zero-order valence-electron chi connectivity index (χ0n) is 19.2. The average Bonchev–Trinajstić information content (AvgIpc) is 3.03. The first-order valence-corrected chi connectivity index (χ1v) is 11.7. The number of benzene rings is 2. The molecule has 2 saturated heterocycles. The van der Waals surface area contributed by atoms with Crippen molar-refractivity contribution >= 4 is 11.9 Å². The van der Waals surface area contributed by atoms with Crippen molar-refractivity contribution in [2.75, 3.05) is 20.6 Å². The van der Waals surface area contributed by atoms with Gasteiger partial charge in [-0.1, -0.05) is 60.7 Å². The standard InChI is InChI=1S/C26H35N5O/c1-30(2)25(32)18-28-26(27-17-20-9-5-3-6-10-20)29-22-15-23-13-14-24(16-22)31(23)19-21-11-7-4-8-12-21/h3-12,22-24H,13-19H2,1-2H3,(H2,27,28,29). The van der Waals surface area contributed by atoms with E-state index in [1.807, 2.05) is 18.2 Å². The summed E-state index contributed by atoms with van der Waals surface area (Å²) in [6.45, 7) is 1.87. The van der Waals surface area contributed by atoms with Crippen molar-refractivity contribution in [2.45, 2.75) is 56.9 Å².